The van der Waals surface area contributed by atoms with E-state index in [-0.39, 0.29) is 6.10 Å². The van der Waals surface area contributed by atoms with Gasteiger partial charge in [-0.25, -0.2) is 0 Å². The third-order valence-corrected chi connectivity index (χ3v) is 3.76. The fraction of sp³-hybridized carbons (Fsp3) is 0.818. The first kappa shape index (κ1) is 12.9. The maximum Gasteiger partial charge on any atom is 0.146 e. The van der Waals surface area contributed by atoms with Crippen LogP contribution in [0.15, 0.2) is 0 Å². The maximum absolute atomic E-state index is 5.59. The average Bonchev–Trinajstić information content (AvgIpc) is 2.99. The highest BCUT2D eigenvalue weighted by Gasteiger charge is 2.21. The topological polar surface area (TPSA) is 56.3 Å². The summed E-state index contributed by atoms with van der Waals surface area (Å²) < 4.78 is 10.5. The molecule has 0 amide bonds. The molecule has 0 bridgehead atoms. The Morgan fingerprint density at radius 2 is 2.41 bits per heavy atom. The summed E-state index contributed by atoms with van der Waals surface area (Å²) in [7, 11) is 1.71. The second-order valence-electron chi connectivity index (χ2n) is 4.03. The van der Waals surface area contributed by atoms with Gasteiger partial charge in [0.1, 0.15) is 16.1 Å². The zero-order valence-corrected chi connectivity index (χ0v) is 11.0. The molecule has 17 heavy (non-hydrogen) atoms. The Morgan fingerprint density at radius 1 is 1.47 bits per heavy atom. The quantitative estimate of drug-likeness (QED) is 0.743. The summed E-state index contributed by atoms with van der Waals surface area (Å²) in [5.74, 6) is 0. The molecule has 96 valence electrons. The molecule has 1 aromatic rings. The Labute approximate surface area is 106 Å². The molecular weight excluding hydrogens is 238 g/mol. The molecule has 1 atom stereocenters. The normalized spacial score (nSPS) is 19.9. The van der Waals surface area contributed by atoms with E-state index in [1.54, 1.807) is 18.4 Å². The molecule has 1 N–H and O–H groups in total. The van der Waals surface area contributed by atoms with Crippen molar-refractivity contribution in [2.24, 2.45) is 0 Å². The maximum atomic E-state index is 5.59. The van der Waals surface area contributed by atoms with E-state index in [1.807, 2.05) is 0 Å². The van der Waals surface area contributed by atoms with E-state index in [0.717, 1.165) is 55.6 Å². The Hall–Kier alpha value is -0.560. The Kier molecular flexibility index (Phi) is 5.31. The van der Waals surface area contributed by atoms with Gasteiger partial charge in [0.2, 0.25) is 0 Å². The SMILES string of the molecule is COCCNCCc1nnc(C2CCCO2)s1. The van der Waals surface area contributed by atoms with Gasteiger partial charge in [0.15, 0.2) is 0 Å². The van der Waals surface area contributed by atoms with Gasteiger partial charge >= 0.3 is 0 Å². The summed E-state index contributed by atoms with van der Waals surface area (Å²) in [6.45, 7) is 3.41. The minimum Gasteiger partial charge on any atom is -0.383 e. The van der Waals surface area contributed by atoms with Crippen LogP contribution in [0.25, 0.3) is 0 Å². The van der Waals surface area contributed by atoms with Crippen molar-refractivity contribution in [2.75, 3.05) is 33.4 Å². The third kappa shape index (κ3) is 3.99. The summed E-state index contributed by atoms with van der Waals surface area (Å²) in [6.07, 6.45) is 3.34. The lowest BCUT2D eigenvalue weighted by atomic mass is 10.2. The van der Waals surface area contributed by atoms with E-state index in [1.165, 1.54) is 0 Å². The van der Waals surface area contributed by atoms with E-state index >= 15 is 0 Å². The van der Waals surface area contributed by atoms with Crippen molar-refractivity contribution in [3.8, 4) is 0 Å². The van der Waals surface area contributed by atoms with Gasteiger partial charge in [0, 0.05) is 33.2 Å². The number of nitrogens with zero attached hydrogens (tertiary/aromatic N) is 2. The molecular formula is C11H19N3O2S. The number of hydrogen-bond acceptors (Lipinski definition) is 6. The van der Waals surface area contributed by atoms with E-state index in [0.29, 0.717) is 0 Å². The molecule has 1 aliphatic rings. The molecule has 1 aromatic heterocycles. The van der Waals surface area contributed by atoms with Crippen molar-refractivity contribution in [3.05, 3.63) is 10.0 Å². The van der Waals surface area contributed by atoms with Crippen LogP contribution < -0.4 is 5.32 Å². The predicted molar refractivity (Wildman–Crippen MR) is 66.3 cm³/mol. The Morgan fingerprint density at radius 3 is 3.18 bits per heavy atom. The molecule has 2 rings (SSSR count). The average molecular weight is 257 g/mol. The second kappa shape index (κ2) is 7.00. The standard InChI is InChI=1S/C11H19N3O2S/c1-15-8-6-12-5-4-10-13-14-11(17-10)9-3-2-7-16-9/h9,12H,2-8H2,1H3. The van der Waals surface area contributed by atoms with Crippen LogP contribution >= 0.6 is 11.3 Å². The highest BCUT2D eigenvalue weighted by atomic mass is 32.1. The molecule has 0 aromatic carbocycles. The first-order valence-corrected chi connectivity index (χ1v) is 6.85. The number of methoxy groups -OCH3 is 1. The van der Waals surface area contributed by atoms with Gasteiger partial charge in [-0.3, -0.25) is 0 Å². The molecule has 0 radical (unpaired) electrons. The van der Waals surface area contributed by atoms with E-state index in [9.17, 15) is 0 Å². The zero-order valence-electron chi connectivity index (χ0n) is 10.1. The molecule has 1 aliphatic heterocycles. The zero-order chi connectivity index (χ0) is 11.9. The van der Waals surface area contributed by atoms with E-state index in [4.69, 9.17) is 9.47 Å². The van der Waals surface area contributed by atoms with Crippen LogP contribution in [0.4, 0.5) is 0 Å². The Balaban J connectivity index is 1.70. The highest BCUT2D eigenvalue weighted by molar-refractivity contribution is 7.11. The van der Waals surface area contributed by atoms with Crippen molar-refractivity contribution in [3.63, 3.8) is 0 Å². The van der Waals surface area contributed by atoms with Crippen molar-refractivity contribution >= 4 is 11.3 Å². The number of nitrogens with one attached hydrogen (secondary N) is 1. The fourth-order valence-corrected chi connectivity index (χ4v) is 2.69. The molecule has 1 fully saturated rings. The van der Waals surface area contributed by atoms with E-state index in [2.05, 4.69) is 15.5 Å². The number of aromatic nitrogens is 2. The molecule has 0 spiro atoms. The van der Waals surface area contributed by atoms with Crippen LogP contribution in [0.2, 0.25) is 0 Å². The lowest BCUT2D eigenvalue weighted by molar-refractivity contribution is 0.111. The molecule has 5 nitrogen and oxygen atoms in total. The minimum absolute atomic E-state index is 0.197. The minimum atomic E-state index is 0.197. The van der Waals surface area contributed by atoms with Gasteiger partial charge in [-0.2, -0.15) is 0 Å². The van der Waals surface area contributed by atoms with Crippen molar-refractivity contribution in [1.82, 2.24) is 15.5 Å². The van der Waals surface area contributed by atoms with Crippen molar-refractivity contribution in [1.29, 1.82) is 0 Å². The van der Waals surface area contributed by atoms with Crippen LogP contribution in [-0.2, 0) is 15.9 Å². The first-order valence-electron chi connectivity index (χ1n) is 6.03. The summed E-state index contributed by atoms with van der Waals surface area (Å²) >= 11 is 1.68. The van der Waals surface area contributed by atoms with Gasteiger partial charge in [0.05, 0.1) is 6.61 Å². The lowest BCUT2D eigenvalue weighted by Crippen LogP contribution is -2.21. The van der Waals surface area contributed by atoms with Gasteiger partial charge in [-0.05, 0) is 12.8 Å². The van der Waals surface area contributed by atoms with Crippen LogP contribution in [0.1, 0.15) is 29.0 Å². The number of hydrogen-bond donors (Lipinski definition) is 1. The second-order valence-corrected chi connectivity index (χ2v) is 5.12. The first-order chi connectivity index (χ1) is 8.40. The largest absolute Gasteiger partial charge is 0.383 e. The van der Waals surface area contributed by atoms with Gasteiger partial charge in [-0.15, -0.1) is 10.2 Å². The summed E-state index contributed by atoms with van der Waals surface area (Å²) in [4.78, 5) is 0. The van der Waals surface area contributed by atoms with Crippen molar-refractivity contribution in [2.45, 2.75) is 25.4 Å². The molecule has 1 saturated heterocycles. The Bertz CT molecular complexity index is 326. The molecule has 0 aliphatic carbocycles. The summed E-state index contributed by atoms with van der Waals surface area (Å²) in [5.41, 5.74) is 0. The van der Waals surface area contributed by atoms with Crippen LogP contribution in [0.5, 0.6) is 0 Å². The van der Waals surface area contributed by atoms with Crippen LogP contribution in [0, 0.1) is 0 Å². The van der Waals surface area contributed by atoms with Gasteiger partial charge in [0.25, 0.3) is 0 Å². The monoisotopic (exact) mass is 257 g/mol. The highest BCUT2D eigenvalue weighted by Crippen LogP contribution is 2.30. The van der Waals surface area contributed by atoms with Crippen molar-refractivity contribution < 1.29 is 9.47 Å². The fourth-order valence-electron chi connectivity index (χ4n) is 1.76. The number of ether oxygens (including phenoxy) is 2. The summed E-state index contributed by atoms with van der Waals surface area (Å²) in [6, 6.07) is 0. The van der Waals surface area contributed by atoms with Crippen LogP contribution in [-0.4, -0.2) is 43.6 Å². The third-order valence-electron chi connectivity index (χ3n) is 2.69. The summed E-state index contributed by atoms with van der Waals surface area (Å²) in [5, 5.41) is 13.8. The molecule has 6 heteroatoms. The van der Waals surface area contributed by atoms with Crippen LogP contribution in [0.3, 0.4) is 0 Å². The molecule has 1 unspecified atom stereocenters. The molecule has 2 heterocycles. The molecule has 0 saturated carbocycles. The van der Waals surface area contributed by atoms with Gasteiger partial charge < -0.3 is 14.8 Å². The number of rotatable bonds is 7. The smallest absolute Gasteiger partial charge is 0.146 e. The van der Waals surface area contributed by atoms with E-state index < -0.39 is 0 Å². The van der Waals surface area contributed by atoms with Gasteiger partial charge in [-0.1, -0.05) is 11.3 Å². The lowest BCUT2D eigenvalue weighted by Gasteiger charge is -2.02. The predicted octanol–water partition coefficient (Wildman–Crippen LogP) is 1.17.